The molecular formula is C5H6ClN3O3. The molecule has 0 heterocycles. The van der Waals surface area contributed by atoms with Crippen LogP contribution in [0.2, 0.25) is 0 Å². The standard InChI is InChI=1S/C5H6ClN3O3/c6-4(3-10)5(11)12-2-1-8-9-7/h3-4H,1-2H2. The Morgan fingerprint density at radius 3 is 3.00 bits per heavy atom. The molecule has 0 bridgehead atoms. The summed E-state index contributed by atoms with van der Waals surface area (Å²) in [4.78, 5) is 23.0. The lowest BCUT2D eigenvalue weighted by Crippen LogP contribution is -2.20. The maximum Gasteiger partial charge on any atom is 0.331 e. The van der Waals surface area contributed by atoms with Crippen molar-refractivity contribution >= 4 is 23.9 Å². The van der Waals surface area contributed by atoms with E-state index >= 15 is 0 Å². The molecule has 7 heteroatoms. The number of ether oxygens (including phenoxy) is 1. The quantitative estimate of drug-likeness (QED) is 0.0933. The first kappa shape index (κ1) is 10.7. The number of alkyl halides is 1. The van der Waals surface area contributed by atoms with E-state index in [4.69, 9.17) is 17.1 Å². The van der Waals surface area contributed by atoms with Gasteiger partial charge in [0.2, 0.25) is 0 Å². The van der Waals surface area contributed by atoms with E-state index < -0.39 is 11.3 Å². The summed E-state index contributed by atoms with van der Waals surface area (Å²) in [6.07, 6.45) is 0.261. The molecule has 0 fully saturated rings. The molecule has 0 aliphatic carbocycles. The Kier molecular flexibility index (Phi) is 5.77. The van der Waals surface area contributed by atoms with Crippen molar-refractivity contribution in [2.24, 2.45) is 5.11 Å². The topological polar surface area (TPSA) is 92.1 Å². The van der Waals surface area contributed by atoms with Gasteiger partial charge in [-0.2, -0.15) is 0 Å². The largest absolute Gasteiger partial charge is 0.464 e. The minimum atomic E-state index is -1.28. The summed E-state index contributed by atoms with van der Waals surface area (Å²) >= 11 is 5.18. The molecule has 1 unspecified atom stereocenters. The van der Waals surface area contributed by atoms with E-state index in [0.717, 1.165) is 0 Å². The fourth-order valence-electron chi connectivity index (χ4n) is 0.367. The Bertz CT molecular complexity index is 214. The summed E-state index contributed by atoms with van der Waals surface area (Å²) in [7, 11) is 0. The Morgan fingerprint density at radius 1 is 1.83 bits per heavy atom. The average molecular weight is 192 g/mol. The number of aldehydes is 1. The van der Waals surface area contributed by atoms with Gasteiger partial charge in [0.15, 0.2) is 5.38 Å². The number of carbonyl (C=O) groups excluding carboxylic acids is 2. The van der Waals surface area contributed by atoms with Crippen LogP contribution in [0.25, 0.3) is 10.4 Å². The first-order valence-electron chi connectivity index (χ1n) is 2.99. The van der Waals surface area contributed by atoms with Crippen LogP contribution < -0.4 is 0 Å². The zero-order valence-electron chi connectivity index (χ0n) is 6.01. The van der Waals surface area contributed by atoms with Gasteiger partial charge in [-0.15, -0.1) is 11.6 Å². The van der Waals surface area contributed by atoms with Gasteiger partial charge in [0.1, 0.15) is 6.29 Å². The number of carbonyl (C=O) groups is 2. The lowest BCUT2D eigenvalue weighted by Gasteiger charge is -2.01. The predicted octanol–water partition coefficient (Wildman–Crippen LogP) is 0.646. The third-order valence-corrected chi connectivity index (χ3v) is 1.12. The Morgan fingerprint density at radius 2 is 2.50 bits per heavy atom. The Balaban J connectivity index is 3.56. The highest BCUT2D eigenvalue weighted by atomic mass is 35.5. The Hall–Kier alpha value is -1.26. The number of esters is 1. The maximum atomic E-state index is 10.6. The van der Waals surface area contributed by atoms with Gasteiger partial charge >= 0.3 is 5.97 Å². The third-order valence-electron chi connectivity index (χ3n) is 0.843. The highest BCUT2D eigenvalue weighted by molar-refractivity contribution is 6.37. The second-order valence-corrected chi connectivity index (χ2v) is 2.13. The minimum Gasteiger partial charge on any atom is -0.464 e. The number of nitrogens with zero attached hydrogens (tertiary/aromatic N) is 3. The molecule has 0 saturated carbocycles. The second kappa shape index (κ2) is 6.45. The van der Waals surface area contributed by atoms with Gasteiger partial charge in [0.05, 0.1) is 13.2 Å². The van der Waals surface area contributed by atoms with Crippen LogP contribution in [0.15, 0.2) is 5.11 Å². The van der Waals surface area contributed by atoms with E-state index in [-0.39, 0.29) is 19.4 Å². The molecule has 0 N–H and O–H groups in total. The van der Waals surface area contributed by atoms with Crippen LogP contribution in [0.3, 0.4) is 0 Å². The number of azide groups is 1. The van der Waals surface area contributed by atoms with Crippen LogP contribution in [0.5, 0.6) is 0 Å². The van der Waals surface area contributed by atoms with Crippen LogP contribution >= 0.6 is 11.6 Å². The molecule has 0 aliphatic heterocycles. The van der Waals surface area contributed by atoms with Gasteiger partial charge in [-0.05, 0) is 5.53 Å². The molecule has 0 aliphatic rings. The lowest BCUT2D eigenvalue weighted by molar-refractivity contribution is -0.143. The van der Waals surface area contributed by atoms with E-state index in [1.54, 1.807) is 0 Å². The molecule has 6 nitrogen and oxygen atoms in total. The van der Waals surface area contributed by atoms with E-state index in [2.05, 4.69) is 14.8 Å². The molecular weight excluding hydrogens is 186 g/mol. The summed E-state index contributed by atoms with van der Waals surface area (Å²) in [5.74, 6) is -0.834. The molecule has 66 valence electrons. The van der Waals surface area contributed by atoms with Crippen LogP contribution in [-0.4, -0.2) is 30.8 Å². The summed E-state index contributed by atoms with van der Waals surface area (Å²) in [6, 6.07) is 0. The minimum absolute atomic E-state index is 0.0324. The second-order valence-electron chi connectivity index (χ2n) is 1.66. The van der Waals surface area contributed by atoms with Gasteiger partial charge < -0.3 is 9.53 Å². The molecule has 0 aromatic rings. The summed E-state index contributed by atoms with van der Waals surface area (Å²) in [5, 5.41) is 1.82. The summed E-state index contributed by atoms with van der Waals surface area (Å²) < 4.78 is 4.43. The fourth-order valence-corrected chi connectivity index (χ4v) is 0.430. The van der Waals surface area contributed by atoms with Crippen LogP contribution in [0, 0.1) is 0 Å². The fraction of sp³-hybridized carbons (Fsp3) is 0.600. The van der Waals surface area contributed by atoms with Gasteiger partial charge in [0.25, 0.3) is 0 Å². The highest BCUT2D eigenvalue weighted by Gasteiger charge is 2.14. The van der Waals surface area contributed by atoms with Crippen molar-refractivity contribution < 1.29 is 14.3 Å². The maximum absolute atomic E-state index is 10.6. The van der Waals surface area contributed by atoms with Crippen molar-refractivity contribution in [1.82, 2.24) is 0 Å². The lowest BCUT2D eigenvalue weighted by atomic mass is 10.5. The van der Waals surface area contributed by atoms with Gasteiger partial charge in [-0.1, -0.05) is 5.11 Å². The van der Waals surface area contributed by atoms with Crippen molar-refractivity contribution in [2.45, 2.75) is 5.38 Å². The average Bonchev–Trinajstić information content (AvgIpc) is 2.10. The number of rotatable bonds is 5. The first-order chi connectivity index (χ1) is 5.72. The molecule has 0 aromatic heterocycles. The zero-order chi connectivity index (χ0) is 9.40. The highest BCUT2D eigenvalue weighted by Crippen LogP contribution is 1.94. The van der Waals surface area contributed by atoms with E-state index in [0.29, 0.717) is 0 Å². The van der Waals surface area contributed by atoms with Crippen molar-refractivity contribution in [1.29, 1.82) is 0 Å². The van der Waals surface area contributed by atoms with Gasteiger partial charge in [0, 0.05) is 4.91 Å². The molecule has 0 spiro atoms. The zero-order valence-corrected chi connectivity index (χ0v) is 6.77. The molecule has 0 amide bonds. The van der Waals surface area contributed by atoms with E-state index in [1.807, 2.05) is 0 Å². The van der Waals surface area contributed by atoms with Gasteiger partial charge in [-0.25, -0.2) is 4.79 Å². The van der Waals surface area contributed by atoms with E-state index in [1.165, 1.54) is 0 Å². The van der Waals surface area contributed by atoms with Gasteiger partial charge in [-0.3, -0.25) is 0 Å². The normalized spacial score (nSPS) is 11.1. The molecule has 12 heavy (non-hydrogen) atoms. The van der Waals surface area contributed by atoms with Crippen molar-refractivity contribution in [3.05, 3.63) is 10.4 Å². The summed E-state index contributed by atoms with van der Waals surface area (Å²) in [5.41, 5.74) is 7.82. The predicted molar refractivity (Wildman–Crippen MR) is 40.7 cm³/mol. The SMILES string of the molecule is [N-]=[N+]=NCCOC(=O)C(Cl)C=O. The molecule has 0 radical (unpaired) electrons. The number of halogens is 1. The Labute approximate surface area is 73.1 Å². The monoisotopic (exact) mass is 191 g/mol. The molecule has 1 atom stereocenters. The number of hydrogen-bond acceptors (Lipinski definition) is 4. The molecule has 0 rings (SSSR count). The van der Waals surface area contributed by atoms with Crippen LogP contribution in [-0.2, 0) is 14.3 Å². The van der Waals surface area contributed by atoms with Crippen molar-refractivity contribution in [2.75, 3.05) is 13.2 Å². The smallest absolute Gasteiger partial charge is 0.331 e. The molecule has 0 saturated heterocycles. The van der Waals surface area contributed by atoms with E-state index in [9.17, 15) is 9.59 Å². The summed E-state index contributed by atoms with van der Waals surface area (Å²) in [6.45, 7) is -0.0370. The third kappa shape index (κ3) is 4.54. The number of hydrogen-bond donors (Lipinski definition) is 0. The van der Waals surface area contributed by atoms with Crippen molar-refractivity contribution in [3.8, 4) is 0 Å². The first-order valence-corrected chi connectivity index (χ1v) is 3.43. The van der Waals surface area contributed by atoms with Crippen LogP contribution in [0.1, 0.15) is 0 Å². The van der Waals surface area contributed by atoms with Crippen LogP contribution in [0.4, 0.5) is 0 Å². The van der Waals surface area contributed by atoms with Crippen molar-refractivity contribution in [3.63, 3.8) is 0 Å². The molecule has 0 aromatic carbocycles.